The Morgan fingerprint density at radius 2 is 1.93 bits per heavy atom. The number of halogens is 2. The van der Waals surface area contributed by atoms with E-state index >= 15 is 0 Å². The van der Waals surface area contributed by atoms with Gasteiger partial charge in [0, 0.05) is 3.57 Å². The molecular weight excluding hydrogens is 324 g/mol. The molecule has 0 aromatic heterocycles. The predicted octanol–water partition coefficient (Wildman–Crippen LogP) is 2.48. The third-order valence-electron chi connectivity index (χ3n) is 2.74. The van der Waals surface area contributed by atoms with Gasteiger partial charge < -0.3 is 10.8 Å². The number of aliphatic hydroxyl groups excluding tert-OH is 1. The van der Waals surface area contributed by atoms with Gasteiger partial charge in [-0.2, -0.15) is 0 Å². The summed E-state index contributed by atoms with van der Waals surface area (Å²) in [7, 11) is 0. The smallest absolute Gasteiger partial charge is 0.0761 e. The zero-order chi connectivity index (χ0) is 10.1. The van der Waals surface area contributed by atoms with E-state index in [2.05, 4.69) is 22.6 Å². The van der Waals surface area contributed by atoms with E-state index in [0.717, 1.165) is 22.0 Å². The van der Waals surface area contributed by atoms with E-state index in [1.54, 1.807) is 0 Å². The highest BCUT2D eigenvalue weighted by atomic mass is 127. The summed E-state index contributed by atoms with van der Waals surface area (Å²) in [4.78, 5) is 0. The minimum atomic E-state index is -0.370. The van der Waals surface area contributed by atoms with Crippen LogP contribution >= 0.6 is 35.0 Å². The molecule has 1 saturated carbocycles. The van der Waals surface area contributed by atoms with Crippen LogP contribution in [-0.2, 0) is 0 Å². The molecule has 1 aliphatic rings. The molecule has 2 nitrogen and oxygen atoms in total. The molecule has 2 rings (SSSR count). The molecule has 0 radical (unpaired) electrons. The van der Waals surface area contributed by atoms with Crippen LogP contribution in [0.3, 0.4) is 0 Å². The van der Waals surface area contributed by atoms with Crippen LogP contribution in [0.2, 0.25) is 0 Å². The van der Waals surface area contributed by atoms with Crippen molar-refractivity contribution in [1.82, 2.24) is 0 Å². The topological polar surface area (TPSA) is 46.2 Å². The summed E-state index contributed by atoms with van der Waals surface area (Å²) in [5, 5.41) is 9.91. The fourth-order valence-electron chi connectivity index (χ4n) is 1.66. The molecule has 84 valence electrons. The summed E-state index contributed by atoms with van der Waals surface area (Å²) in [6.07, 6.45) is 1.88. The van der Waals surface area contributed by atoms with Crippen molar-refractivity contribution >= 4 is 35.0 Å². The largest absolute Gasteiger partial charge is 0.391 e. The Morgan fingerprint density at radius 1 is 1.33 bits per heavy atom. The van der Waals surface area contributed by atoms with Crippen molar-refractivity contribution in [2.75, 3.05) is 0 Å². The summed E-state index contributed by atoms with van der Waals surface area (Å²) in [5.41, 5.74) is 7.09. The molecule has 1 aromatic rings. The third kappa shape index (κ3) is 3.06. The molecule has 0 spiro atoms. The molecule has 4 heteroatoms. The van der Waals surface area contributed by atoms with Crippen molar-refractivity contribution in [3.05, 3.63) is 33.4 Å². The van der Waals surface area contributed by atoms with E-state index in [-0.39, 0.29) is 24.6 Å². The van der Waals surface area contributed by atoms with Crippen LogP contribution in [0.5, 0.6) is 0 Å². The maximum atomic E-state index is 9.91. The molecule has 3 N–H and O–H groups in total. The van der Waals surface area contributed by atoms with Crippen LogP contribution in [0.25, 0.3) is 0 Å². The highest BCUT2D eigenvalue weighted by molar-refractivity contribution is 14.1. The van der Waals surface area contributed by atoms with Crippen LogP contribution in [0.1, 0.15) is 24.4 Å². The van der Waals surface area contributed by atoms with Gasteiger partial charge in [0.25, 0.3) is 0 Å². The van der Waals surface area contributed by atoms with Gasteiger partial charge in [0.2, 0.25) is 0 Å². The second kappa shape index (κ2) is 5.48. The second-order valence-electron chi connectivity index (χ2n) is 3.88. The zero-order valence-electron chi connectivity index (χ0n) is 8.27. The third-order valence-corrected chi connectivity index (χ3v) is 3.72. The van der Waals surface area contributed by atoms with E-state index < -0.39 is 0 Å². The molecular formula is C11H15ClINO. The fraction of sp³-hybridized carbons (Fsp3) is 0.455. The summed E-state index contributed by atoms with van der Waals surface area (Å²) in [6, 6.07) is 7.75. The lowest BCUT2D eigenvalue weighted by molar-refractivity contribution is 0.122. The fourth-order valence-corrected chi connectivity index (χ4v) is 2.41. The first-order valence-electron chi connectivity index (χ1n) is 4.88. The minimum absolute atomic E-state index is 0. The van der Waals surface area contributed by atoms with Crippen LogP contribution < -0.4 is 5.73 Å². The highest BCUT2D eigenvalue weighted by Gasteiger charge is 2.34. The van der Waals surface area contributed by atoms with E-state index in [9.17, 15) is 5.11 Å². The Hall–Kier alpha value is 0.160. The summed E-state index contributed by atoms with van der Waals surface area (Å²) >= 11 is 2.26. The van der Waals surface area contributed by atoms with Crippen molar-refractivity contribution in [3.63, 3.8) is 0 Å². The second-order valence-corrected chi connectivity index (χ2v) is 5.04. The van der Waals surface area contributed by atoms with Gasteiger partial charge in [-0.15, -0.1) is 12.4 Å². The van der Waals surface area contributed by atoms with Gasteiger partial charge in [-0.25, -0.2) is 0 Å². The molecule has 0 heterocycles. The molecule has 0 amide bonds. The summed E-state index contributed by atoms with van der Waals surface area (Å²) < 4.78 is 1.14. The minimum Gasteiger partial charge on any atom is -0.391 e. The Bertz CT molecular complexity index is 330. The van der Waals surface area contributed by atoms with Crippen molar-refractivity contribution in [1.29, 1.82) is 0 Å². The standard InChI is InChI=1S/C11H14INO.ClH/c12-9-4-2-1-3-8(9)10(13)11(14)7-5-6-7;/h1-4,7,10-11,14H,5-6,13H2;1H/t10-,11+;/m0./s1. The summed E-state index contributed by atoms with van der Waals surface area (Å²) in [6.45, 7) is 0. The first-order chi connectivity index (χ1) is 6.70. The molecule has 0 saturated heterocycles. The van der Waals surface area contributed by atoms with Crippen molar-refractivity contribution in [2.45, 2.75) is 25.0 Å². The quantitative estimate of drug-likeness (QED) is 0.831. The van der Waals surface area contributed by atoms with E-state index in [4.69, 9.17) is 5.73 Å². The van der Waals surface area contributed by atoms with E-state index in [1.807, 2.05) is 24.3 Å². The molecule has 0 unspecified atom stereocenters. The number of benzene rings is 1. The number of hydrogen-bond donors (Lipinski definition) is 2. The molecule has 0 bridgehead atoms. The molecule has 1 aliphatic carbocycles. The van der Waals surface area contributed by atoms with Gasteiger partial charge in [0.1, 0.15) is 0 Å². The van der Waals surface area contributed by atoms with Gasteiger partial charge in [0.05, 0.1) is 12.1 Å². The summed E-state index contributed by atoms with van der Waals surface area (Å²) in [5.74, 6) is 0.431. The van der Waals surface area contributed by atoms with Crippen molar-refractivity contribution < 1.29 is 5.11 Å². The normalized spacial score (nSPS) is 19.1. The highest BCUT2D eigenvalue weighted by Crippen LogP contribution is 2.37. The zero-order valence-corrected chi connectivity index (χ0v) is 11.2. The van der Waals surface area contributed by atoms with Crippen molar-refractivity contribution in [3.8, 4) is 0 Å². The number of rotatable bonds is 3. The van der Waals surface area contributed by atoms with E-state index in [0.29, 0.717) is 5.92 Å². The molecule has 1 aromatic carbocycles. The van der Waals surface area contributed by atoms with Gasteiger partial charge in [0.15, 0.2) is 0 Å². The lowest BCUT2D eigenvalue weighted by Crippen LogP contribution is -2.28. The molecule has 0 aliphatic heterocycles. The Kier molecular flexibility index (Phi) is 4.83. The molecule has 2 atom stereocenters. The van der Waals surface area contributed by atoms with Crippen LogP contribution in [0, 0.1) is 9.49 Å². The maximum absolute atomic E-state index is 9.91. The number of hydrogen-bond acceptors (Lipinski definition) is 2. The Balaban J connectivity index is 0.00000112. The van der Waals surface area contributed by atoms with Crippen LogP contribution in [-0.4, -0.2) is 11.2 Å². The lowest BCUT2D eigenvalue weighted by atomic mass is 9.99. The molecule has 15 heavy (non-hydrogen) atoms. The Morgan fingerprint density at radius 3 is 2.47 bits per heavy atom. The van der Waals surface area contributed by atoms with Crippen LogP contribution in [0.4, 0.5) is 0 Å². The predicted molar refractivity (Wildman–Crippen MR) is 72.1 cm³/mol. The van der Waals surface area contributed by atoms with Crippen LogP contribution in [0.15, 0.2) is 24.3 Å². The average Bonchev–Trinajstić information content (AvgIpc) is 3.00. The van der Waals surface area contributed by atoms with Crippen molar-refractivity contribution in [2.24, 2.45) is 11.7 Å². The van der Waals surface area contributed by atoms with Gasteiger partial charge in [-0.05, 0) is 53.0 Å². The first-order valence-corrected chi connectivity index (χ1v) is 5.96. The monoisotopic (exact) mass is 339 g/mol. The van der Waals surface area contributed by atoms with E-state index in [1.165, 1.54) is 0 Å². The Labute approximate surface area is 110 Å². The SMILES string of the molecule is Cl.N[C@@H](c1ccccc1I)[C@H](O)C1CC1. The van der Waals surface area contributed by atoms with Gasteiger partial charge in [-0.1, -0.05) is 18.2 Å². The van der Waals surface area contributed by atoms with Gasteiger partial charge >= 0.3 is 0 Å². The average molecular weight is 340 g/mol. The molecule has 1 fully saturated rings. The first kappa shape index (κ1) is 13.2. The number of aliphatic hydroxyl groups is 1. The maximum Gasteiger partial charge on any atom is 0.0761 e. The number of nitrogens with two attached hydrogens (primary N) is 1. The lowest BCUT2D eigenvalue weighted by Gasteiger charge is -2.19. The van der Waals surface area contributed by atoms with Gasteiger partial charge in [-0.3, -0.25) is 0 Å².